The first-order chi connectivity index (χ1) is 10.2. The summed E-state index contributed by atoms with van der Waals surface area (Å²) >= 11 is 3.76. The van der Waals surface area contributed by atoms with E-state index in [4.69, 9.17) is 0 Å². The van der Waals surface area contributed by atoms with Gasteiger partial charge in [0.2, 0.25) is 0 Å². The second kappa shape index (κ2) is 5.77. The van der Waals surface area contributed by atoms with Crippen molar-refractivity contribution >= 4 is 23.3 Å². The van der Waals surface area contributed by atoms with E-state index < -0.39 is 34.9 Å². The summed E-state index contributed by atoms with van der Waals surface area (Å²) in [6.45, 7) is 1.24. The molecule has 1 amide bonds. The van der Waals surface area contributed by atoms with Crippen LogP contribution < -0.4 is 5.32 Å². The van der Waals surface area contributed by atoms with Crippen LogP contribution >= 0.6 is 11.6 Å². The van der Waals surface area contributed by atoms with Crippen LogP contribution in [0, 0.1) is 6.92 Å². The van der Waals surface area contributed by atoms with Crippen LogP contribution in [-0.2, 0) is 4.79 Å². The summed E-state index contributed by atoms with van der Waals surface area (Å²) in [5.41, 5.74) is 0.0365. The number of anilines is 1. The number of aromatic nitrogens is 1. The SMILES string of the molecule is Cc1cccnc1NC(=O)C(F)(F)C(F)(F)C(F)(F)C(F)(F)Cl. The number of aryl methyl sites for hydroxylation is 1. The van der Waals surface area contributed by atoms with E-state index in [9.17, 15) is 39.9 Å². The van der Waals surface area contributed by atoms with E-state index in [1.807, 2.05) is 0 Å². The number of nitrogens with zero attached hydrogens (tertiary/aromatic N) is 1. The number of nitrogens with one attached hydrogen (secondary N) is 1. The molecular formula is C11H7ClF8N2O. The Bertz CT molecular complexity index is 602. The van der Waals surface area contributed by atoms with E-state index in [-0.39, 0.29) is 5.56 Å². The highest BCUT2D eigenvalue weighted by Crippen LogP contribution is 2.54. The van der Waals surface area contributed by atoms with Crippen molar-refractivity contribution in [1.82, 2.24) is 4.98 Å². The molecule has 0 aliphatic heterocycles. The number of carbonyl (C=O) groups excluding carboxylic acids is 1. The normalized spacial score (nSPS) is 13.8. The van der Waals surface area contributed by atoms with Gasteiger partial charge in [0.05, 0.1) is 0 Å². The molecule has 0 aliphatic carbocycles. The summed E-state index contributed by atoms with van der Waals surface area (Å²) in [6, 6.07) is 2.54. The number of halogens is 9. The second-order valence-electron chi connectivity index (χ2n) is 4.34. The van der Waals surface area contributed by atoms with Crippen LogP contribution in [0.15, 0.2) is 18.3 Å². The van der Waals surface area contributed by atoms with E-state index in [1.54, 1.807) is 0 Å². The van der Waals surface area contributed by atoms with Gasteiger partial charge in [0, 0.05) is 6.20 Å². The highest BCUT2D eigenvalue weighted by Gasteiger charge is 2.82. The fourth-order valence-electron chi connectivity index (χ4n) is 1.32. The molecule has 0 saturated carbocycles. The average Bonchev–Trinajstić information content (AvgIpc) is 2.39. The lowest BCUT2D eigenvalue weighted by molar-refractivity contribution is -0.336. The fraction of sp³-hybridized carbons (Fsp3) is 0.455. The molecule has 23 heavy (non-hydrogen) atoms. The number of pyridine rings is 1. The average molecular weight is 371 g/mol. The largest absolute Gasteiger partial charge is 0.393 e. The van der Waals surface area contributed by atoms with Gasteiger partial charge >= 0.3 is 29.1 Å². The predicted molar refractivity (Wildman–Crippen MR) is 63.2 cm³/mol. The first-order valence-corrected chi connectivity index (χ1v) is 5.97. The molecule has 0 unspecified atom stereocenters. The van der Waals surface area contributed by atoms with Gasteiger partial charge in [0.15, 0.2) is 0 Å². The molecule has 1 aromatic heterocycles. The number of hydrogen-bond acceptors (Lipinski definition) is 2. The maximum Gasteiger partial charge on any atom is 0.393 e. The van der Waals surface area contributed by atoms with Crippen molar-refractivity contribution in [3.8, 4) is 0 Å². The third kappa shape index (κ3) is 3.19. The van der Waals surface area contributed by atoms with Gasteiger partial charge in [0.25, 0.3) is 0 Å². The molecule has 0 bridgehead atoms. The molecule has 0 radical (unpaired) electrons. The van der Waals surface area contributed by atoms with E-state index in [0.29, 0.717) is 0 Å². The van der Waals surface area contributed by atoms with Crippen molar-refractivity contribution in [2.24, 2.45) is 0 Å². The lowest BCUT2D eigenvalue weighted by atomic mass is 10.0. The van der Waals surface area contributed by atoms with Gasteiger partial charge < -0.3 is 5.32 Å². The summed E-state index contributed by atoms with van der Waals surface area (Å²) in [4.78, 5) is 14.6. The minimum absolute atomic E-state index is 0.0365. The lowest BCUT2D eigenvalue weighted by Crippen LogP contribution is -2.64. The molecule has 12 heteroatoms. The van der Waals surface area contributed by atoms with E-state index in [2.05, 4.69) is 16.6 Å². The van der Waals surface area contributed by atoms with E-state index in [0.717, 1.165) is 6.20 Å². The molecule has 0 atom stereocenters. The van der Waals surface area contributed by atoms with E-state index in [1.165, 1.54) is 24.4 Å². The number of amides is 1. The number of hydrogen-bond donors (Lipinski definition) is 1. The Kier molecular flexibility index (Phi) is 4.86. The Balaban J connectivity index is 3.19. The maximum atomic E-state index is 13.4. The molecule has 0 aromatic carbocycles. The molecule has 1 heterocycles. The third-order valence-electron chi connectivity index (χ3n) is 2.67. The first kappa shape index (κ1) is 19.4. The molecule has 1 N–H and O–H groups in total. The van der Waals surface area contributed by atoms with Crippen LogP contribution in [0.5, 0.6) is 0 Å². The van der Waals surface area contributed by atoms with Crippen LogP contribution in [0.25, 0.3) is 0 Å². The Labute approximate surface area is 128 Å². The first-order valence-electron chi connectivity index (χ1n) is 5.59. The van der Waals surface area contributed by atoms with Gasteiger partial charge in [-0.1, -0.05) is 6.07 Å². The predicted octanol–water partition coefficient (Wildman–Crippen LogP) is 4.07. The van der Waals surface area contributed by atoms with E-state index >= 15 is 0 Å². The second-order valence-corrected chi connectivity index (χ2v) is 4.82. The topological polar surface area (TPSA) is 42.0 Å². The quantitative estimate of drug-likeness (QED) is 0.627. The number of rotatable bonds is 5. The minimum atomic E-state index is -6.77. The Morgan fingerprint density at radius 2 is 1.61 bits per heavy atom. The number of alkyl halides is 9. The zero-order valence-corrected chi connectivity index (χ0v) is 11.7. The van der Waals surface area contributed by atoms with Gasteiger partial charge in [-0.25, -0.2) is 4.98 Å². The summed E-state index contributed by atoms with van der Waals surface area (Å²) < 4.78 is 104. The number of carbonyl (C=O) groups is 1. The van der Waals surface area contributed by atoms with Crippen molar-refractivity contribution in [3.05, 3.63) is 23.9 Å². The van der Waals surface area contributed by atoms with Crippen molar-refractivity contribution in [3.63, 3.8) is 0 Å². The van der Waals surface area contributed by atoms with Gasteiger partial charge in [0.1, 0.15) is 5.82 Å². The molecule has 1 aromatic rings. The van der Waals surface area contributed by atoms with Gasteiger partial charge in [-0.3, -0.25) is 4.79 Å². The minimum Gasteiger partial charge on any atom is -0.305 e. The third-order valence-corrected chi connectivity index (χ3v) is 2.91. The molecule has 130 valence electrons. The standard InChI is InChI=1S/C11H7ClF8N2O/c1-5-3-2-4-21-6(5)22-7(23)8(13,14)9(15,16)10(17,18)11(12,19)20/h2-4H,1H3,(H,21,22,23). The molecule has 0 fully saturated rings. The fourth-order valence-corrected chi connectivity index (χ4v) is 1.44. The molecule has 0 saturated heterocycles. The van der Waals surface area contributed by atoms with Crippen LogP contribution in [-0.4, -0.2) is 34.0 Å². The molecule has 0 aliphatic rings. The van der Waals surface area contributed by atoms with Gasteiger partial charge in [-0.05, 0) is 30.2 Å². The highest BCUT2D eigenvalue weighted by atomic mass is 35.5. The van der Waals surface area contributed by atoms with Gasteiger partial charge in [-0.2, -0.15) is 35.1 Å². The summed E-state index contributed by atoms with van der Waals surface area (Å²) in [5.74, 6) is -23.2. The van der Waals surface area contributed by atoms with Crippen LogP contribution in [0.4, 0.5) is 40.9 Å². The summed E-state index contributed by atoms with van der Waals surface area (Å²) in [6.07, 6.45) is 0.987. The highest BCUT2D eigenvalue weighted by molar-refractivity contribution is 6.22. The van der Waals surface area contributed by atoms with Crippen molar-refractivity contribution < 1.29 is 39.9 Å². The van der Waals surface area contributed by atoms with Crippen LogP contribution in [0.2, 0.25) is 0 Å². The lowest BCUT2D eigenvalue weighted by Gasteiger charge is -2.33. The molecule has 0 spiro atoms. The van der Waals surface area contributed by atoms with Crippen LogP contribution in [0.1, 0.15) is 5.56 Å². The Morgan fingerprint density at radius 1 is 1.09 bits per heavy atom. The zero-order valence-electron chi connectivity index (χ0n) is 11.0. The van der Waals surface area contributed by atoms with Crippen molar-refractivity contribution in [2.45, 2.75) is 30.1 Å². The monoisotopic (exact) mass is 370 g/mol. The Morgan fingerprint density at radius 3 is 2.04 bits per heavy atom. The molecule has 3 nitrogen and oxygen atoms in total. The summed E-state index contributed by atoms with van der Waals surface area (Å²) in [7, 11) is 0. The molecule has 1 rings (SSSR count). The zero-order chi connectivity index (χ0) is 18.3. The summed E-state index contributed by atoms with van der Waals surface area (Å²) in [5, 5.41) is -4.83. The van der Waals surface area contributed by atoms with Crippen LogP contribution in [0.3, 0.4) is 0 Å². The maximum absolute atomic E-state index is 13.4. The van der Waals surface area contributed by atoms with Crippen molar-refractivity contribution in [2.75, 3.05) is 5.32 Å². The molecular weight excluding hydrogens is 364 g/mol. The van der Waals surface area contributed by atoms with Gasteiger partial charge in [-0.15, -0.1) is 0 Å². The smallest absolute Gasteiger partial charge is 0.305 e. The Hall–Kier alpha value is -1.65. The van der Waals surface area contributed by atoms with Crippen molar-refractivity contribution in [1.29, 1.82) is 0 Å².